The van der Waals surface area contributed by atoms with Crippen molar-refractivity contribution >= 4 is 5.91 Å². The normalized spacial score (nSPS) is 17.0. The van der Waals surface area contributed by atoms with E-state index in [2.05, 4.69) is 11.4 Å². The molecule has 3 nitrogen and oxygen atoms in total. The van der Waals surface area contributed by atoms with Crippen molar-refractivity contribution in [1.29, 1.82) is 0 Å². The minimum Gasteiger partial charge on any atom is -0.480 e. The molecule has 1 unspecified atom stereocenters. The number of hydrogen-bond acceptors (Lipinski definition) is 2. The van der Waals surface area contributed by atoms with Crippen molar-refractivity contribution in [2.45, 2.75) is 65.4 Å². The van der Waals surface area contributed by atoms with Gasteiger partial charge in [0.25, 0.3) is 5.91 Å². The molecule has 0 aliphatic heterocycles. The first-order chi connectivity index (χ1) is 10.6. The summed E-state index contributed by atoms with van der Waals surface area (Å²) in [6.07, 6.45) is 6.72. The Morgan fingerprint density at radius 2 is 2.00 bits per heavy atom. The number of hydrogen-bond donors (Lipinski definition) is 1. The van der Waals surface area contributed by atoms with Crippen molar-refractivity contribution < 1.29 is 9.53 Å². The number of benzene rings is 1. The fourth-order valence-electron chi connectivity index (χ4n) is 3.06. The zero-order chi connectivity index (χ0) is 15.9. The van der Waals surface area contributed by atoms with E-state index >= 15 is 0 Å². The van der Waals surface area contributed by atoms with Crippen LogP contribution < -0.4 is 10.1 Å². The smallest absolute Gasteiger partial charge is 0.261 e. The molecule has 1 atom stereocenters. The van der Waals surface area contributed by atoms with Gasteiger partial charge in [0, 0.05) is 6.54 Å². The maximum atomic E-state index is 12.4. The summed E-state index contributed by atoms with van der Waals surface area (Å²) < 4.78 is 5.96. The molecule has 22 heavy (non-hydrogen) atoms. The highest BCUT2D eigenvalue weighted by Crippen LogP contribution is 2.23. The summed E-state index contributed by atoms with van der Waals surface area (Å²) in [4.78, 5) is 12.4. The third-order valence-corrected chi connectivity index (χ3v) is 4.57. The van der Waals surface area contributed by atoms with Gasteiger partial charge in [0.05, 0.1) is 0 Å². The summed E-state index contributed by atoms with van der Waals surface area (Å²) in [7, 11) is 0. The largest absolute Gasteiger partial charge is 0.480 e. The molecule has 1 saturated carbocycles. The number of carbonyl (C=O) groups excluding carboxylic acids is 1. The molecule has 0 bridgehead atoms. The highest BCUT2D eigenvalue weighted by Gasteiger charge is 2.21. The van der Waals surface area contributed by atoms with Crippen molar-refractivity contribution in [1.82, 2.24) is 5.32 Å². The van der Waals surface area contributed by atoms with Gasteiger partial charge in [-0.2, -0.15) is 0 Å². The molecule has 122 valence electrons. The number of aryl methyl sites for hydroxylation is 2. The van der Waals surface area contributed by atoms with Crippen LogP contribution in [0.2, 0.25) is 0 Å². The Morgan fingerprint density at radius 1 is 1.27 bits per heavy atom. The Kier molecular flexibility index (Phi) is 6.29. The zero-order valence-electron chi connectivity index (χ0n) is 14.2. The van der Waals surface area contributed by atoms with Gasteiger partial charge < -0.3 is 10.1 Å². The molecule has 1 aliphatic carbocycles. The summed E-state index contributed by atoms with van der Waals surface area (Å²) in [6.45, 7) is 6.85. The van der Waals surface area contributed by atoms with Gasteiger partial charge in [-0.25, -0.2) is 0 Å². The molecule has 0 heterocycles. The third kappa shape index (κ3) is 4.75. The topological polar surface area (TPSA) is 38.3 Å². The molecule has 0 spiro atoms. The number of nitrogens with one attached hydrogen (secondary N) is 1. The van der Waals surface area contributed by atoms with E-state index in [0.717, 1.165) is 23.4 Å². The van der Waals surface area contributed by atoms with Gasteiger partial charge in [-0.15, -0.1) is 0 Å². The predicted molar refractivity (Wildman–Crippen MR) is 90.2 cm³/mol. The molecule has 0 radical (unpaired) electrons. The number of carbonyl (C=O) groups is 1. The Labute approximate surface area is 134 Å². The third-order valence-electron chi connectivity index (χ3n) is 4.57. The summed E-state index contributed by atoms with van der Waals surface area (Å²) in [5, 5.41) is 3.09. The van der Waals surface area contributed by atoms with E-state index < -0.39 is 6.10 Å². The lowest BCUT2D eigenvalue weighted by Gasteiger charge is -2.24. The molecule has 1 fully saturated rings. The van der Waals surface area contributed by atoms with Gasteiger partial charge in [-0.1, -0.05) is 38.3 Å². The van der Waals surface area contributed by atoms with Crippen LogP contribution >= 0.6 is 0 Å². The Hall–Kier alpha value is -1.51. The standard InChI is InChI=1S/C19H29NO2/c1-4-17(22-18-12-14(2)10-11-15(18)3)19(21)20-13-16-8-6-5-7-9-16/h10-12,16-17H,4-9,13H2,1-3H3,(H,20,21). The van der Waals surface area contributed by atoms with Crippen LogP contribution in [0.1, 0.15) is 56.6 Å². The van der Waals surface area contributed by atoms with Crippen LogP contribution in [0.5, 0.6) is 5.75 Å². The van der Waals surface area contributed by atoms with Gasteiger partial charge in [0.2, 0.25) is 0 Å². The second-order valence-corrected chi connectivity index (χ2v) is 6.53. The molecule has 1 aromatic carbocycles. The van der Waals surface area contributed by atoms with Gasteiger partial charge in [0.1, 0.15) is 5.75 Å². The van der Waals surface area contributed by atoms with E-state index in [9.17, 15) is 4.79 Å². The van der Waals surface area contributed by atoms with Crippen LogP contribution in [0.15, 0.2) is 18.2 Å². The number of amides is 1. The van der Waals surface area contributed by atoms with E-state index in [1.807, 2.05) is 32.9 Å². The second-order valence-electron chi connectivity index (χ2n) is 6.53. The van der Waals surface area contributed by atoms with Gasteiger partial charge in [-0.3, -0.25) is 4.79 Å². The maximum Gasteiger partial charge on any atom is 0.261 e. The van der Waals surface area contributed by atoms with Gasteiger partial charge in [-0.05, 0) is 56.2 Å². The van der Waals surface area contributed by atoms with Crippen LogP contribution in [-0.2, 0) is 4.79 Å². The second kappa shape index (κ2) is 8.21. The predicted octanol–water partition coefficient (Wildman–Crippen LogP) is 4.16. The van der Waals surface area contributed by atoms with Crippen LogP contribution in [0.25, 0.3) is 0 Å². The first kappa shape index (κ1) is 16.9. The summed E-state index contributed by atoms with van der Waals surface area (Å²) in [5.74, 6) is 1.49. The molecular weight excluding hydrogens is 274 g/mol. The summed E-state index contributed by atoms with van der Waals surface area (Å²) in [6, 6.07) is 6.11. The molecule has 1 aromatic rings. The van der Waals surface area contributed by atoms with Crippen LogP contribution in [0, 0.1) is 19.8 Å². The molecule has 1 N–H and O–H groups in total. The van der Waals surface area contributed by atoms with Crippen LogP contribution in [0.4, 0.5) is 0 Å². The summed E-state index contributed by atoms with van der Waals surface area (Å²) >= 11 is 0. The lowest BCUT2D eigenvalue weighted by Crippen LogP contribution is -2.40. The minimum absolute atomic E-state index is 0.0222. The van der Waals surface area contributed by atoms with E-state index in [0.29, 0.717) is 12.3 Å². The van der Waals surface area contributed by atoms with Gasteiger partial charge in [0.15, 0.2) is 6.10 Å². The fourth-order valence-corrected chi connectivity index (χ4v) is 3.06. The molecule has 1 amide bonds. The molecule has 0 saturated heterocycles. The van der Waals surface area contributed by atoms with Crippen molar-refractivity contribution in [3.05, 3.63) is 29.3 Å². The van der Waals surface area contributed by atoms with Crippen LogP contribution in [0.3, 0.4) is 0 Å². The molecular formula is C19H29NO2. The van der Waals surface area contributed by atoms with E-state index in [4.69, 9.17) is 4.74 Å². The average molecular weight is 303 g/mol. The fraction of sp³-hybridized carbons (Fsp3) is 0.632. The molecule has 1 aliphatic rings. The van der Waals surface area contributed by atoms with E-state index in [1.54, 1.807) is 0 Å². The zero-order valence-corrected chi connectivity index (χ0v) is 14.2. The highest BCUT2D eigenvalue weighted by molar-refractivity contribution is 5.81. The average Bonchev–Trinajstić information content (AvgIpc) is 2.54. The number of rotatable bonds is 6. The quantitative estimate of drug-likeness (QED) is 0.857. The number of ether oxygens (including phenoxy) is 1. The molecule has 0 aromatic heterocycles. The minimum atomic E-state index is -0.399. The lowest BCUT2D eigenvalue weighted by atomic mass is 9.89. The van der Waals surface area contributed by atoms with E-state index in [1.165, 1.54) is 32.1 Å². The summed E-state index contributed by atoms with van der Waals surface area (Å²) in [5.41, 5.74) is 2.22. The SMILES string of the molecule is CCC(Oc1cc(C)ccc1C)C(=O)NCC1CCCCC1. The molecule has 3 heteroatoms. The van der Waals surface area contributed by atoms with Crippen LogP contribution in [-0.4, -0.2) is 18.6 Å². The Morgan fingerprint density at radius 3 is 2.68 bits per heavy atom. The van der Waals surface area contributed by atoms with Crippen molar-refractivity contribution in [2.24, 2.45) is 5.92 Å². The van der Waals surface area contributed by atoms with Crippen molar-refractivity contribution in [3.63, 3.8) is 0 Å². The first-order valence-electron chi connectivity index (χ1n) is 8.61. The Bertz CT molecular complexity index is 492. The van der Waals surface area contributed by atoms with Crippen molar-refractivity contribution in [3.8, 4) is 5.75 Å². The molecule has 2 rings (SSSR count). The monoisotopic (exact) mass is 303 g/mol. The maximum absolute atomic E-state index is 12.4. The van der Waals surface area contributed by atoms with Crippen molar-refractivity contribution in [2.75, 3.05) is 6.54 Å². The lowest BCUT2D eigenvalue weighted by molar-refractivity contribution is -0.128. The van der Waals surface area contributed by atoms with E-state index in [-0.39, 0.29) is 5.91 Å². The van der Waals surface area contributed by atoms with Gasteiger partial charge >= 0.3 is 0 Å². The highest BCUT2D eigenvalue weighted by atomic mass is 16.5. The first-order valence-corrected chi connectivity index (χ1v) is 8.61. The Balaban J connectivity index is 1.89.